The number of hydrogen-bond acceptors (Lipinski definition) is 4. The normalized spacial score (nSPS) is 11.0. The Labute approximate surface area is 90.3 Å². The van der Waals surface area contributed by atoms with Crippen molar-refractivity contribution in [2.24, 2.45) is 5.73 Å². The van der Waals surface area contributed by atoms with Gasteiger partial charge in [-0.15, -0.1) is 0 Å². The van der Waals surface area contributed by atoms with Crippen LogP contribution < -0.4 is 11.1 Å². The van der Waals surface area contributed by atoms with Crippen LogP contribution in [0.4, 0.5) is 0 Å². The summed E-state index contributed by atoms with van der Waals surface area (Å²) < 4.78 is 29.5. The Hall–Kier alpha value is -0.920. The number of carbonyl (C=O) groups is 1. The van der Waals surface area contributed by atoms with Crippen molar-refractivity contribution in [3.8, 4) is 0 Å². The molecular weight excluding hydrogens is 220 g/mol. The molecule has 0 aliphatic rings. The van der Waals surface area contributed by atoms with Gasteiger partial charge in [-0.3, -0.25) is 9.35 Å². The van der Waals surface area contributed by atoms with Crippen LogP contribution in [-0.2, 0) is 14.9 Å². The fourth-order valence-corrected chi connectivity index (χ4v) is 1.86. The van der Waals surface area contributed by atoms with E-state index in [1.807, 2.05) is 0 Å². The van der Waals surface area contributed by atoms with E-state index in [1.165, 1.54) is 20.9 Å². The molecule has 0 heterocycles. The van der Waals surface area contributed by atoms with E-state index in [9.17, 15) is 13.2 Å². The fraction of sp³-hybridized carbons (Fsp3) is 0.625. The SMILES string of the molecule is C=CC(=O)NC(C)(C)CS(=O)(=O)O.CN. The van der Waals surface area contributed by atoms with Gasteiger partial charge in [0.15, 0.2) is 0 Å². The van der Waals surface area contributed by atoms with Gasteiger partial charge >= 0.3 is 0 Å². The quantitative estimate of drug-likeness (QED) is 0.453. The number of carbonyl (C=O) groups excluding carboxylic acids is 1. The second kappa shape index (κ2) is 6.54. The van der Waals surface area contributed by atoms with Crippen LogP contribution in [0, 0.1) is 0 Å². The Balaban J connectivity index is 0. The standard InChI is InChI=1S/C7H13NO4S.CH5N/c1-4-6(9)8-7(2,3)5-13(10,11)12;1-2/h4H,1,5H2,2-3H3,(H,8,9)(H,10,11,12);2H2,1H3. The van der Waals surface area contributed by atoms with E-state index in [0.29, 0.717) is 0 Å². The molecular formula is C8H18N2O4S. The molecule has 0 fully saturated rings. The lowest BCUT2D eigenvalue weighted by Gasteiger charge is -2.23. The molecule has 0 unspecified atom stereocenters. The highest BCUT2D eigenvalue weighted by Crippen LogP contribution is 2.05. The molecule has 0 atom stereocenters. The lowest BCUT2D eigenvalue weighted by atomic mass is 10.1. The van der Waals surface area contributed by atoms with E-state index in [0.717, 1.165) is 6.08 Å². The summed E-state index contributed by atoms with van der Waals surface area (Å²) in [6.45, 7) is 6.19. The van der Waals surface area contributed by atoms with E-state index < -0.39 is 27.3 Å². The zero-order chi connectivity index (χ0) is 12.7. The van der Waals surface area contributed by atoms with Crippen LogP contribution >= 0.6 is 0 Å². The van der Waals surface area contributed by atoms with E-state index >= 15 is 0 Å². The number of rotatable bonds is 4. The van der Waals surface area contributed by atoms with E-state index in [2.05, 4.69) is 17.6 Å². The third-order valence-corrected chi connectivity index (χ3v) is 2.28. The molecule has 0 aromatic rings. The number of amides is 1. The molecule has 0 aliphatic heterocycles. The van der Waals surface area contributed by atoms with Crippen LogP contribution in [0.1, 0.15) is 13.8 Å². The molecule has 0 bridgehead atoms. The lowest BCUT2D eigenvalue weighted by molar-refractivity contribution is -0.117. The number of hydrogen-bond donors (Lipinski definition) is 3. The van der Waals surface area contributed by atoms with Gasteiger partial charge in [0.25, 0.3) is 10.1 Å². The predicted octanol–water partition coefficient (Wildman–Crippen LogP) is -0.470. The minimum atomic E-state index is -4.08. The molecule has 0 radical (unpaired) electrons. The largest absolute Gasteiger partial charge is 0.347 e. The summed E-state index contributed by atoms with van der Waals surface area (Å²) >= 11 is 0. The van der Waals surface area contributed by atoms with Crippen molar-refractivity contribution in [2.75, 3.05) is 12.8 Å². The molecule has 0 aliphatic carbocycles. The third kappa shape index (κ3) is 11.0. The molecule has 4 N–H and O–H groups in total. The van der Waals surface area contributed by atoms with Gasteiger partial charge in [-0.1, -0.05) is 6.58 Å². The summed E-state index contributed by atoms with van der Waals surface area (Å²) in [6.07, 6.45) is 1.03. The molecule has 0 aromatic carbocycles. The first-order valence-electron chi connectivity index (χ1n) is 4.14. The highest BCUT2D eigenvalue weighted by Gasteiger charge is 2.25. The topological polar surface area (TPSA) is 109 Å². The van der Waals surface area contributed by atoms with Gasteiger partial charge in [0.05, 0.1) is 11.3 Å². The maximum Gasteiger partial charge on any atom is 0.267 e. The van der Waals surface area contributed by atoms with E-state index in [1.54, 1.807) is 0 Å². The van der Waals surface area contributed by atoms with Crippen LogP contribution in [0.5, 0.6) is 0 Å². The number of nitrogens with two attached hydrogens (primary N) is 1. The van der Waals surface area contributed by atoms with Crippen LogP contribution in [-0.4, -0.2) is 37.2 Å². The Bertz CT molecular complexity index is 309. The highest BCUT2D eigenvalue weighted by molar-refractivity contribution is 7.85. The van der Waals surface area contributed by atoms with Gasteiger partial charge in [0, 0.05) is 0 Å². The lowest BCUT2D eigenvalue weighted by Crippen LogP contribution is -2.47. The summed E-state index contributed by atoms with van der Waals surface area (Å²) in [5.74, 6) is -1.01. The van der Waals surface area contributed by atoms with Crippen molar-refractivity contribution in [1.29, 1.82) is 0 Å². The molecule has 0 saturated heterocycles. The molecule has 0 spiro atoms. The maximum absolute atomic E-state index is 10.8. The molecule has 15 heavy (non-hydrogen) atoms. The summed E-state index contributed by atoms with van der Waals surface area (Å²) in [5.41, 5.74) is 3.50. The zero-order valence-corrected chi connectivity index (χ0v) is 9.97. The van der Waals surface area contributed by atoms with Crippen molar-refractivity contribution in [2.45, 2.75) is 19.4 Å². The Kier molecular flexibility index (Phi) is 7.20. The van der Waals surface area contributed by atoms with Crippen LogP contribution in [0.15, 0.2) is 12.7 Å². The van der Waals surface area contributed by atoms with Crippen molar-refractivity contribution >= 4 is 16.0 Å². The van der Waals surface area contributed by atoms with Gasteiger partial charge in [-0.25, -0.2) is 0 Å². The number of nitrogens with one attached hydrogen (secondary N) is 1. The molecule has 6 nitrogen and oxygen atoms in total. The molecule has 0 rings (SSSR count). The highest BCUT2D eigenvalue weighted by atomic mass is 32.2. The first kappa shape index (κ1) is 16.5. The maximum atomic E-state index is 10.8. The smallest absolute Gasteiger partial charge is 0.267 e. The van der Waals surface area contributed by atoms with Gasteiger partial charge in [0.1, 0.15) is 0 Å². The first-order chi connectivity index (χ1) is 6.66. The van der Waals surface area contributed by atoms with Gasteiger partial charge in [0.2, 0.25) is 5.91 Å². The summed E-state index contributed by atoms with van der Waals surface area (Å²) in [6, 6.07) is 0. The van der Waals surface area contributed by atoms with Crippen molar-refractivity contribution in [3.05, 3.63) is 12.7 Å². The minimum absolute atomic E-state index is 0.478. The second-order valence-electron chi connectivity index (χ2n) is 3.30. The molecule has 0 saturated carbocycles. The van der Waals surface area contributed by atoms with E-state index in [-0.39, 0.29) is 0 Å². The van der Waals surface area contributed by atoms with Crippen LogP contribution in [0.3, 0.4) is 0 Å². The second-order valence-corrected chi connectivity index (χ2v) is 4.76. The van der Waals surface area contributed by atoms with Gasteiger partial charge in [-0.05, 0) is 27.0 Å². The van der Waals surface area contributed by atoms with Crippen LogP contribution in [0.25, 0.3) is 0 Å². The average Bonchev–Trinajstić information content (AvgIpc) is 2.02. The van der Waals surface area contributed by atoms with Crippen molar-refractivity contribution in [1.82, 2.24) is 5.32 Å². The molecule has 7 heteroatoms. The first-order valence-corrected chi connectivity index (χ1v) is 5.75. The monoisotopic (exact) mass is 238 g/mol. The molecule has 0 aromatic heterocycles. The Morgan fingerprint density at radius 1 is 1.53 bits per heavy atom. The van der Waals surface area contributed by atoms with Crippen molar-refractivity contribution in [3.63, 3.8) is 0 Å². The van der Waals surface area contributed by atoms with Gasteiger partial charge < -0.3 is 11.1 Å². The Morgan fingerprint density at radius 3 is 2.20 bits per heavy atom. The minimum Gasteiger partial charge on any atom is -0.347 e. The molecule has 90 valence electrons. The summed E-state index contributed by atoms with van der Waals surface area (Å²) in [4.78, 5) is 10.8. The van der Waals surface area contributed by atoms with Gasteiger partial charge in [-0.2, -0.15) is 8.42 Å². The Morgan fingerprint density at radius 2 is 1.93 bits per heavy atom. The fourth-order valence-electron chi connectivity index (χ4n) is 0.877. The summed E-state index contributed by atoms with van der Waals surface area (Å²) in [7, 11) is -2.58. The van der Waals surface area contributed by atoms with E-state index in [4.69, 9.17) is 4.55 Å². The zero-order valence-electron chi connectivity index (χ0n) is 9.15. The average molecular weight is 238 g/mol. The molecule has 1 amide bonds. The van der Waals surface area contributed by atoms with Crippen LogP contribution in [0.2, 0.25) is 0 Å². The van der Waals surface area contributed by atoms with Crippen molar-refractivity contribution < 1.29 is 17.8 Å². The summed E-state index contributed by atoms with van der Waals surface area (Å²) in [5, 5.41) is 2.37. The predicted molar refractivity (Wildman–Crippen MR) is 58.9 cm³/mol. The third-order valence-electron chi connectivity index (χ3n) is 1.19.